The van der Waals surface area contributed by atoms with E-state index in [0.29, 0.717) is 31.4 Å². The van der Waals surface area contributed by atoms with E-state index in [-0.39, 0.29) is 5.91 Å². The molecule has 2 aromatic rings. The third-order valence-corrected chi connectivity index (χ3v) is 4.98. The van der Waals surface area contributed by atoms with Gasteiger partial charge in [0.15, 0.2) is 0 Å². The first-order chi connectivity index (χ1) is 13.6. The molecule has 0 saturated carbocycles. The van der Waals surface area contributed by atoms with Crippen molar-refractivity contribution in [3.63, 3.8) is 0 Å². The predicted molar refractivity (Wildman–Crippen MR) is 108 cm³/mol. The topological polar surface area (TPSA) is 109 Å². The molecule has 1 amide bonds. The number of nitriles is 1. The summed E-state index contributed by atoms with van der Waals surface area (Å²) in [4.78, 5) is 12.4. The van der Waals surface area contributed by atoms with Gasteiger partial charge < -0.3 is 21.1 Å². The molecule has 6 heteroatoms. The van der Waals surface area contributed by atoms with Crippen LogP contribution >= 0.6 is 0 Å². The van der Waals surface area contributed by atoms with E-state index in [1.165, 1.54) is 6.21 Å². The summed E-state index contributed by atoms with van der Waals surface area (Å²) in [7, 11) is 0. The largest absolute Gasteiger partial charge is 0.393 e. The van der Waals surface area contributed by atoms with Gasteiger partial charge in [0, 0.05) is 6.21 Å². The van der Waals surface area contributed by atoms with Gasteiger partial charge in [0.1, 0.15) is 0 Å². The van der Waals surface area contributed by atoms with E-state index in [1.54, 1.807) is 12.1 Å². The number of hydrogen-bond donors (Lipinski definition) is 4. The highest BCUT2D eigenvalue weighted by Crippen LogP contribution is 2.20. The van der Waals surface area contributed by atoms with Gasteiger partial charge >= 0.3 is 0 Å². The van der Waals surface area contributed by atoms with Crippen molar-refractivity contribution >= 4 is 12.1 Å². The number of piperidine rings is 1. The Balaban J connectivity index is 1.60. The zero-order valence-corrected chi connectivity index (χ0v) is 15.6. The van der Waals surface area contributed by atoms with E-state index in [9.17, 15) is 9.90 Å². The lowest BCUT2D eigenvalue weighted by atomic mass is 9.99. The molecule has 0 bridgehead atoms. The minimum Gasteiger partial charge on any atom is -0.393 e. The van der Waals surface area contributed by atoms with Crippen LogP contribution in [0.25, 0.3) is 11.1 Å². The van der Waals surface area contributed by atoms with Gasteiger partial charge in [-0.05, 0) is 54.6 Å². The lowest BCUT2D eigenvalue weighted by molar-refractivity contribution is -0.124. The molecule has 3 atom stereocenters. The average molecular weight is 376 g/mol. The number of nitrogens with one attached hydrogen (secondary N) is 3. The van der Waals surface area contributed by atoms with E-state index < -0.39 is 18.2 Å². The summed E-state index contributed by atoms with van der Waals surface area (Å²) in [6.07, 6.45) is 2.37. The molecule has 1 saturated heterocycles. The third kappa shape index (κ3) is 5.03. The molecule has 3 rings (SSSR count). The molecular formula is C22H24N4O2. The van der Waals surface area contributed by atoms with Crippen molar-refractivity contribution in [1.29, 1.82) is 10.7 Å². The Morgan fingerprint density at radius 3 is 2.46 bits per heavy atom. The number of aliphatic hydroxyl groups is 1. The second-order valence-electron chi connectivity index (χ2n) is 7.06. The Hall–Kier alpha value is -3.01. The van der Waals surface area contributed by atoms with Gasteiger partial charge in [-0.25, -0.2) is 0 Å². The maximum atomic E-state index is 12.4. The molecule has 4 N–H and O–H groups in total. The molecule has 1 fully saturated rings. The fraction of sp³-hybridized carbons (Fsp3) is 0.318. The van der Waals surface area contributed by atoms with Crippen molar-refractivity contribution in [2.75, 3.05) is 6.54 Å². The lowest BCUT2D eigenvalue weighted by Gasteiger charge is -2.27. The van der Waals surface area contributed by atoms with Crippen LogP contribution in [0.3, 0.4) is 0 Å². The molecule has 0 unspecified atom stereocenters. The molecule has 1 aliphatic heterocycles. The maximum Gasteiger partial charge on any atom is 0.237 e. The maximum absolute atomic E-state index is 12.4. The van der Waals surface area contributed by atoms with Gasteiger partial charge in [-0.15, -0.1) is 0 Å². The van der Waals surface area contributed by atoms with Crippen molar-refractivity contribution < 1.29 is 9.90 Å². The number of nitrogens with zero attached hydrogens (tertiary/aromatic N) is 1. The first-order valence-corrected chi connectivity index (χ1v) is 9.41. The number of carbonyl (C=O) groups is 1. The van der Waals surface area contributed by atoms with E-state index >= 15 is 0 Å². The number of amides is 1. The Bertz CT molecular complexity index is 856. The second-order valence-corrected chi connectivity index (χ2v) is 7.06. The highest BCUT2D eigenvalue weighted by Gasteiger charge is 2.26. The predicted octanol–water partition coefficient (Wildman–Crippen LogP) is 2.02. The number of aliphatic hydroxyl groups excluding tert-OH is 1. The summed E-state index contributed by atoms with van der Waals surface area (Å²) in [6.45, 7) is 0.616. The third-order valence-electron chi connectivity index (χ3n) is 4.98. The fourth-order valence-corrected chi connectivity index (χ4v) is 3.36. The standard InChI is InChI=1S/C22H24N4O2/c23-13-16-3-7-18(8-4-16)17-5-1-15(2-6-17)11-19(14-24)26-22(28)21-12-20(27)9-10-25-21/h1-8,14,19-21,24-25,27H,9-12H2,(H,26,28)/t19-,20-,21-/m0/s1. The minimum absolute atomic E-state index is 0.179. The van der Waals surface area contributed by atoms with Gasteiger partial charge in [0.2, 0.25) is 5.91 Å². The SMILES string of the molecule is N#Cc1ccc(-c2ccc(C[C@@H](C=N)NC(=O)[C@@H]3C[C@@H](O)CCN3)cc2)cc1. The monoisotopic (exact) mass is 376 g/mol. The summed E-state index contributed by atoms with van der Waals surface area (Å²) in [6, 6.07) is 16.7. The normalized spacial score (nSPS) is 20.0. The summed E-state index contributed by atoms with van der Waals surface area (Å²) in [5.41, 5.74) is 3.72. The Labute approximate surface area is 164 Å². The summed E-state index contributed by atoms with van der Waals surface area (Å²) < 4.78 is 0. The van der Waals surface area contributed by atoms with Crippen LogP contribution in [0.1, 0.15) is 24.0 Å². The van der Waals surface area contributed by atoms with Crippen LogP contribution < -0.4 is 10.6 Å². The molecule has 0 aromatic heterocycles. The van der Waals surface area contributed by atoms with Crippen LogP contribution in [0.15, 0.2) is 48.5 Å². The first kappa shape index (κ1) is 19.7. The highest BCUT2D eigenvalue weighted by molar-refractivity contribution is 5.85. The summed E-state index contributed by atoms with van der Waals surface area (Å²) >= 11 is 0. The fourth-order valence-electron chi connectivity index (χ4n) is 3.36. The molecule has 6 nitrogen and oxygen atoms in total. The van der Waals surface area contributed by atoms with Crippen LogP contribution in [0.4, 0.5) is 0 Å². The molecule has 1 aliphatic rings. The average Bonchev–Trinajstić information content (AvgIpc) is 2.74. The van der Waals surface area contributed by atoms with Crippen LogP contribution in [-0.2, 0) is 11.2 Å². The van der Waals surface area contributed by atoms with E-state index in [1.807, 2.05) is 36.4 Å². The van der Waals surface area contributed by atoms with Crippen molar-refractivity contribution in [1.82, 2.24) is 10.6 Å². The molecule has 0 spiro atoms. The minimum atomic E-state index is -0.454. The van der Waals surface area contributed by atoms with E-state index in [2.05, 4.69) is 16.7 Å². The van der Waals surface area contributed by atoms with Crippen molar-refractivity contribution in [2.45, 2.75) is 37.5 Å². The van der Waals surface area contributed by atoms with E-state index in [0.717, 1.165) is 16.7 Å². The molecule has 1 heterocycles. The van der Waals surface area contributed by atoms with Gasteiger partial charge in [-0.2, -0.15) is 5.26 Å². The quantitative estimate of drug-likeness (QED) is 0.578. The number of carbonyl (C=O) groups excluding carboxylic acids is 1. The van der Waals surface area contributed by atoms with Crippen LogP contribution in [0, 0.1) is 16.7 Å². The molecule has 0 radical (unpaired) electrons. The van der Waals surface area contributed by atoms with Gasteiger partial charge in [-0.3, -0.25) is 4.79 Å². The Morgan fingerprint density at radius 1 is 1.25 bits per heavy atom. The zero-order valence-electron chi connectivity index (χ0n) is 15.6. The van der Waals surface area contributed by atoms with Crippen LogP contribution in [0.5, 0.6) is 0 Å². The second kappa shape index (κ2) is 9.27. The summed E-state index contributed by atoms with van der Waals surface area (Å²) in [5.74, 6) is -0.179. The molecule has 0 aliphatic carbocycles. The van der Waals surface area contributed by atoms with Crippen molar-refractivity contribution in [3.05, 3.63) is 59.7 Å². The summed E-state index contributed by atoms with van der Waals surface area (Å²) in [5, 5.41) is 32.2. The van der Waals surface area contributed by atoms with Crippen molar-refractivity contribution in [3.8, 4) is 17.2 Å². The van der Waals surface area contributed by atoms with Gasteiger partial charge in [0.25, 0.3) is 0 Å². The van der Waals surface area contributed by atoms with Gasteiger partial charge in [-0.1, -0.05) is 36.4 Å². The molecular weight excluding hydrogens is 352 g/mol. The highest BCUT2D eigenvalue weighted by atomic mass is 16.3. The smallest absolute Gasteiger partial charge is 0.237 e. The molecule has 2 aromatic carbocycles. The Morgan fingerprint density at radius 2 is 1.89 bits per heavy atom. The number of benzene rings is 2. The van der Waals surface area contributed by atoms with Crippen molar-refractivity contribution in [2.24, 2.45) is 0 Å². The zero-order chi connectivity index (χ0) is 19.9. The van der Waals surface area contributed by atoms with E-state index in [4.69, 9.17) is 10.7 Å². The van der Waals surface area contributed by atoms with Gasteiger partial charge in [0.05, 0.1) is 29.8 Å². The lowest BCUT2D eigenvalue weighted by Crippen LogP contribution is -2.52. The number of hydrogen-bond acceptors (Lipinski definition) is 5. The van der Waals surface area contributed by atoms with Crippen LogP contribution in [-0.4, -0.2) is 42.0 Å². The van der Waals surface area contributed by atoms with Crippen LogP contribution in [0.2, 0.25) is 0 Å². The number of rotatable bonds is 6. The first-order valence-electron chi connectivity index (χ1n) is 9.41. The molecule has 28 heavy (non-hydrogen) atoms. The molecule has 144 valence electrons. The Kier molecular flexibility index (Phi) is 6.53.